The Labute approximate surface area is 336 Å². The van der Waals surface area contributed by atoms with E-state index in [0.29, 0.717) is 17.5 Å². The van der Waals surface area contributed by atoms with E-state index in [1.807, 2.05) is 100 Å². The van der Waals surface area contributed by atoms with Gasteiger partial charge in [-0.2, -0.15) is 0 Å². The molecule has 0 aliphatic heterocycles. The fourth-order valence-corrected chi connectivity index (χ4v) is 9.73. The number of hydrogen-bond acceptors (Lipinski definition) is 5. The molecule has 0 bridgehead atoms. The van der Waals surface area contributed by atoms with E-state index >= 15 is 0 Å². The van der Waals surface area contributed by atoms with Crippen LogP contribution in [0, 0.1) is 0 Å². The molecule has 8 rings (SSSR count). The second kappa shape index (κ2) is 15.0. The van der Waals surface area contributed by atoms with E-state index in [4.69, 9.17) is 15.0 Å². The van der Waals surface area contributed by atoms with Crippen LogP contribution in [0.15, 0.2) is 169 Å². The van der Waals surface area contributed by atoms with Gasteiger partial charge < -0.3 is 9.13 Å². The summed E-state index contributed by atoms with van der Waals surface area (Å²) >= 11 is 0. The van der Waals surface area contributed by atoms with E-state index in [2.05, 4.69) is 104 Å². The van der Waals surface area contributed by atoms with Crippen molar-refractivity contribution in [3.8, 4) is 56.4 Å². The van der Waals surface area contributed by atoms with Gasteiger partial charge in [0.1, 0.15) is 14.3 Å². The molecule has 6 aromatic carbocycles. The zero-order valence-electron chi connectivity index (χ0n) is 33.1. The molecule has 1 aliphatic carbocycles. The molecule has 57 heavy (non-hydrogen) atoms. The molecule has 0 fully saturated rings. The first-order valence-corrected chi connectivity index (χ1v) is 24.4. The van der Waals surface area contributed by atoms with Crippen LogP contribution in [0.5, 0.6) is 0 Å². The van der Waals surface area contributed by atoms with Crippen molar-refractivity contribution in [2.24, 2.45) is 0 Å². The van der Waals surface area contributed by atoms with Crippen LogP contribution in [0.25, 0.3) is 56.4 Å². The third-order valence-corrected chi connectivity index (χ3v) is 14.0. The Hall–Kier alpha value is -5.73. The van der Waals surface area contributed by atoms with Crippen molar-refractivity contribution in [3.05, 3.63) is 186 Å². The predicted octanol–water partition coefficient (Wildman–Crippen LogP) is 11.9. The van der Waals surface area contributed by atoms with Gasteiger partial charge in [0, 0.05) is 27.3 Å². The lowest BCUT2D eigenvalue weighted by Crippen LogP contribution is -2.30. The Morgan fingerprint density at radius 2 is 0.947 bits per heavy atom. The molecular formula is C50H45N3O2P2. The molecule has 7 heteroatoms. The van der Waals surface area contributed by atoms with E-state index in [1.165, 1.54) is 0 Å². The first-order valence-electron chi connectivity index (χ1n) is 19.2. The Kier molecular flexibility index (Phi) is 10.0. The molecular weight excluding hydrogens is 737 g/mol. The number of rotatable bonds is 9. The minimum absolute atomic E-state index is 0.553. The van der Waals surface area contributed by atoms with Crippen LogP contribution in [-0.2, 0) is 14.5 Å². The summed E-state index contributed by atoms with van der Waals surface area (Å²) < 4.78 is 27.4. The van der Waals surface area contributed by atoms with Gasteiger partial charge in [-0.1, -0.05) is 151 Å². The maximum absolute atomic E-state index is 13.7. The zero-order valence-corrected chi connectivity index (χ0v) is 34.9. The van der Waals surface area contributed by atoms with Gasteiger partial charge in [0.15, 0.2) is 17.5 Å². The van der Waals surface area contributed by atoms with Gasteiger partial charge in [0.2, 0.25) is 0 Å². The summed E-state index contributed by atoms with van der Waals surface area (Å²) in [5, 5.41) is 1.64. The SMILES string of the molecule is C/C=C\C=C(/C)C1(c2cccc(-c3nc(-c4ccccc4)nc(-c4ccc(-c5ccccc5)cc4)n3)c2)c2cc(P(C)(C)=O)ccc2-c2ccc(P(C)(C)=O)cc21. The highest BCUT2D eigenvalue weighted by molar-refractivity contribution is 7.70. The highest BCUT2D eigenvalue weighted by atomic mass is 31.2. The second-order valence-corrected chi connectivity index (χ2v) is 21.9. The largest absolute Gasteiger partial charge is 0.319 e. The zero-order chi connectivity index (χ0) is 40.0. The molecule has 0 unspecified atom stereocenters. The molecule has 282 valence electrons. The lowest BCUT2D eigenvalue weighted by Gasteiger charge is -2.35. The average molecular weight is 782 g/mol. The third kappa shape index (κ3) is 7.12. The van der Waals surface area contributed by atoms with Crippen molar-refractivity contribution >= 4 is 24.9 Å². The van der Waals surface area contributed by atoms with Gasteiger partial charge >= 0.3 is 0 Å². The number of nitrogens with zero attached hydrogens (tertiary/aromatic N) is 3. The summed E-state index contributed by atoms with van der Waals surface area (Å²) in [6.45, 7) is 11.5. The van der Waals surface area contributed by atoms with Crippen molar-refractivity contribution < 1.29 is 9.13 Å². The number of aromatic nitrogens is 3. The molecule has 7 aromatic rings. The maximum Gasteiger partial charge on any atom is 0.164 e. The van der Waals surface area contributed by atoms with E-state index in [0.717, 1.165) is 71.8 Å². The number of allylic oxidation sites excluding steroid dienone is 4. The third-order valence-electron chi connectivity index (χ3n) is 10.9. The van der Waals surface area contributed by atoms with Crippen LogP contribution in [0.3, 0.4) is 0 Å². The fraction of sp³-hybridized carbons (Fsp3) is 0.140. The maximum atomic E-state index is 13.7. The van der Waals surface area contributed by atoms with E-state index in [-0.39, 0.29) is 0 Å². The normalized spacial score (nSPS) is 13.8. The van der Waals surface area contributed by atoms with Crippen LogP contribution in [0.4, 0.5) is 0 Å². The van der Waals surface area contributed by atoms with Gasteiger partial charge in [0.05, 0.1) is 5.41 Å². The molecule has 0 N–H and O–H groups in total. The van der Waals surface area contributed by atoms with E-state index in [9.17, 15) is 9.13 Å². The van der Waals surface area contributed by atoms with Crippen LogP contribution in [-0.4, -0.2) is 41.6 Å². The minimum atomic E-state index is -2.63. The molecule has 0 atom stereocenters. The Morgan fingerprint density at radius 1 is 0.509 bits per heavy atom. The molecule has 0 saturated carbocycles. The first kappa shape index (κ1) is 38.2. The van der Waals surface area contributed by atoms with Crippen LogP contribution >= 0.6 is 14.3 Å². The second-order valence-electron chi connectivity index (χ2n) is 15.5. The highest BCUT2D eigenvalue weighted by Gasteiger charge is 2.47. The van der Waals surface area contributed by atoms with E-state index in [1.54, 1.807) is 0 Å². The molecule has 1 heterocycles. The molecule has 1 aromatic heterocycles. The summed E-state index contributed by atoms with van der Waals surface area (Å²) in [4.78, 5) is 15.3. The highest BCUT2D eigenvalue weighted by Crippen LogP contribution is 2.57. The molecule has 0 amide bonds. The van der Waals surface area contributed by atoms with Crippen molar-refractivity contribution in [3.63, 3.8) is 0 Å². The number of fused-ring (bicyclic) bond motifs is 3. The smallest absolute Gasteiger partial charge is 0.164 e. The minimum Gasteiger partial charge on any atom is -0.319 e. The Bertz CT molecular complexity index is 2730. The van der Waals surface area contributed by atoms with Gasteiger partial charge in [-0.05, 0) is 97.7 Å². The molecule has 0 spiro atoms. The molecule has 0 saturated heterocycles. The quantitative estimate of drug-likeness (QED) is 0.108. The average Bonchev–Trinajstić information content (AvgIpc) is 3.53. The molecule has 5 nitrogen and oxygen atoms in total. The first-order chi connectivity index (χ1) is 27.4. The monoisotopic (exact) mass is 781 g/mol. The van der Waals surface area contributed by atoms with Crippen molar-refractivity contribution in [1.29, 1.82) is 0 Å². The Balaban J connectivity index is 1.37. The Morgan fingerprint density at radius 3 is 1.46 bits per heavy atom. The van der Waals surface area contributed by atoms with Crippen LogP contribution in [0.2, 0.25) is 0 Å². The summed E-state index contributed by atoms with van der Waals surface area (Å²) in [5.41, 5.74) is 10.4. The number of benzene rings is 6. The van der Waals surface area contributed by atoms with Crippen LogP contribution in [0.1, 0.15) is 30.5 Å². The van der Waals surface area contributed by atoms with Crippen molar-refractivity contribution in [1.82, 2.24) is 15.0 Å². The molecule has 1 aliphatic rings. The molecule has 0 radical (unpaired) electrons. The lowest BCUT2D eigenvalue weighted by atomic mass is 9.67. The standard InChI is InChI=1S/C50H45N3O2P2/c1-7-8-16-34(2)50(45-32-41(56(3,4)54)27-29-43(45)44-30-28-42(33-46(44)50)57(5,6)55)40-22-15-21-39(31-40)49-52-47(37-19-13-10-14-20-37)51-48(53-49)38-25-23-36(24-26-38)35-17-11-9-12-18-35/h7-33H,1-6H3/b8-7-,34-16+. The fourth-order valence-electron chi connectivity index (χ4n) is 7.98. The van der Waals surface area contributed by atoms with Crippen LogP contribution < -0.4 is 10.6 Å². The van der Waals surface area contributed by atoms with Gasteiger partial charge in [-0.3, -0.25) is 0 Å². The lowest BCUT2D eigenvalue weighted by molar-refractivity contribution is 0.587. The summed E-state index contributed by atoms with van der Waals surface area (Å²) in [6, 6.07) is 49.7. The van der Waals surface area contributed by atoms with Crippen molar-refractivity contribution in [2.45, 2.75) is 19.3 Å². The predicted molar refractivity (Wildman–Crippen MR) is 240 cm³/mol. The summed E-state index contributed by atoms with van der Waals surface area (Å²) in [5.74, 6) is 1.72. The summed E-state index contributed by atoms with van der Waals surface area (Å²) in [6.07, 6.45) is 6.25. The van der Waals surface area contributed by atoms with Crippen molar-refractivity contribution in [2.75, 3.05) is 26.7 Å². The topological polar surface area (TPSA) is 72.8 Å². The van der Waals surface area contributed by atoms with Gasteiger partial charge in [-0.25, -0.2) is 15.0 Å². The van der Waals surface area contributed by atoms with Gasteiger partial charge in [0.25, 0.3) is 0 Å². The summed E-state index contributed by atoms with van der Waals surface area (Å²) in [7, 11) is -5.27. The number of hydrogen-bond donors (Lipinski definition) is 0. The van der Waals surface area contributed by atoms with E-state index < -0.39 is 19.7 Å². The van der Waals surface area contributed by atoms with Gasteiger partial charge in [-0.15, -0.1) is 0 Å².